The second-order valence-electron chi connectivity index (χ2n) is 7.99. The van der Waals surface area contributed by atoms with Gasteiger partial charge in [-0.05, 0) is 22.8 Å². The Morgan fingerprint density at radius 1 is 0.815 bits per heavy atom. The van der Waals surface area contributed by atoms with Crippen molar-refractivity contribution in [1.29, 1.82) is 0 Å². The van der Waals surface area contributed by atoms with Gasteiger partial charge in [0.1, 0.15) is 0 Å². The molecule has 136 valence electrons. The Morgan fingerprint density at radius 3 is 2.11 bits per heavy atom. The molecule has 2 atom stereocenters. The molecule has 0 aliphatic carbocycles. The van der Waals surface area contributed by atoms with Gasteiger partial charge in [0.15, 0.2) is 6.21 Å². The number of fused-ring (bicyclic) bond motifs is 1. The molecule has 2 nitrogen and oxygen atoms in total. The van der Waals surface area contributed by atoms with E-state index in [9.17, 15) is 5.21 Å². The van der Waals surface area contributed by atoms with E-state index in [0.29, 0.717) is 0 Å². The highest BCUT2D eigenvalue weighted by Crippen LogP contribution is 2.42. The van der Waals surface area contributed by atoms with E-state index in [1.54, 1.807) is 6.21 Å². The standard InChI is InChI=1S/C25H25NO/c1-18-17-26(27)23-15-14-21(25(2,3)20-12-8-5-9-13-20)16-22(23)24(18)19-10-6-4-7-11-19/h4-18,24H,1-3H3. The number of nitrogens with zero attached hydrogens (tertiary/aromatic N) is 1. The minimum atomic E-state index is -0.129. The maximum absolute atomic E-state index is 12.6. The van der Waals surface area contributed by atoms with Gasteiger partial charge in [-0.2, -0.15) is 4.74 Å². The van der Waals surface area contributed by atoms with E-state index in [-0.39, 0.29) is 17.3 Å². The van der Waals surface area contributed by atoms with E-state index in [4.69, 9.17) is 0 Å². The molecule has 0 bridgehead atoms. The van der Waals surface area contributed by atoms with Crippen molar-refractivity contribution < 1.29 is 4.74 Å². The van der Waals surface area contributed by atoms with Crippen LogP contribution in [0.5, 0.6) is 0 Å². The van der Waals surface area contributed by atoms with E-state index < -0.39 is 0 Å². The molecule has 0 N–H and O–H groups in total. The van der Waals surface area contributed by atoms with Gasteiger partial charge in [0, 0.05) is 28.9 Å². The van der Waals surface area contributed by atoms with Crippen LogP contribution in [0.3, 0.4) is 0 Å². The summed E-state index contributed by atoms with van der Waals surface area (Å²) in [6.45, 7) is 6.62. The molecule has 0 amide bonds. The first-order chi connectivity index (χ1) is 13.0. The Morgan fingerprint density at radius 2 is 1.44 bits per heavy atom. The lowest BCUT2D eigenvalue weighted by atomic mass is 9.74. The van der Waals surface area contributed by atoms with Gasteiger partial charge in [-0.15, -0.1) is 0 Å². The van der Waals surface area contributed by atoms with Gasteiger partial charge in [-0.1, -0.05) is 87.5 Å². The van der Waals surface area contributed by atoms with Crippen LogP contribution >= 0.6 is 0 Å². The molecule has 3 aromatic carbocycles. The van der Waals surface area contributed by atoms with Gasteiger partial charge in [0.05, 0.1) is 0 Å². The molecule has 0 spiro atoms. The fourth-order valence-electron chi connectivity index (χ4n) is 4.22. The number of rotatable bonds is 3. The van der Waals surface area contributed by atoms with Crippen molar-refractivity contribution in [2.45, 2.75) is 32.1 Å². The first kappa shape index (κ1) is 17.5. The van der Waals surface area contributed by atoms with Crippen LogP contribution < -0.4 is 0 Å². The van der Waals surface area contributed by atoms with E-state index >= 15 is 0 Å². The topological polar surface area (TPSA) is 26.1 Å². The molecule has 1 heterocycles. The minimum Gasteiger partial charge on any atom is -0.618 e. The van der Waals surface area contributed by atoms with Gasteiger partial charge in [0.2, 0.25) is 5.69 Å². The van der Waals surface area contributed by atoms with Crippen LogP contribution in [0, 0.1) is 11.1 Å². The average Bonchev–Trinajstić information content (AvgIpc) is 2.69. The van der Waals surface area contributed by atoms with Gasteiger partial charge < -0.3 is 5.21 Å². The lowest BCUT2D eigenvalue weighted by molar-refractivity contribution is -0.361. The quantitative estimate of drug-likeness (QED) is 0.417. The minimum absolute atomic E-state index is 0.129. The Labute approximate surface area is 161 Å². The molecule has 4 rings (SSSR count). The van der Waals surface area contributed by atoms with Gasteiger partial charge in [-0.25, -0.2) is 0 Å². The highest BCUT2D eigenvalue weighted by Gasteiger charge is 2.34. The van der Waals surface area contributed by atoms with Crippen molar-refractivity contribution in [1.82, 2.24) is 0 Å². The van der Waals surface area contributed by atoms with E-state index in [1.807, 2.05) is 18.2 Å². The predicted molar refractivity (Wildman–Crippen MR) is 112 cm³/mol. The van der Waals surface area contributed by atoms with Crippen molar-refractivity contribution in [2.75, 3.05) is 0 Å². The van der Waals surface area contributed by atoms with E-state index in [0.717, 1.165) is 16.0 Å². The summed E-state index contributed by atoms with van der Waals surface area (Å²) in [6, 6.07) is 27.4. The third-order valence-electron chi connectivity index (χ3n) is 5.87. The maximum atomic E-state index is 12.6. The second kappa shape index (κ2) is 6.70. The third kappa shape index (κ3) is 3.06. The highest BCUT2D eigenvalue weighted by atomic mass is 16.5. The Kier molecular flexibility index (Phi) is 4.35. The Balaban J connectivity index is 1.86. The van der Waals surface area contributed by atoms with Crippen LogP contribution in [-0.4, -0.2) is 11.0 Å². The number of benzene rings is 3. The van der Waals surface area contributed by atoms with Crippen LogP contribution in [0.25, 0.3) is 0 Å². The molecule has 0 saturated carbocycles. The van der Waals surface area contributed by atoms with Crippen molar-refractivity contribution in [3.63, 3.8) is 0 Å². The largest absolute Gasteiger partial charge is 0.618 e. The lowest BCUT2D eigenvalue weighted by Gasteiger charge is -2.31. The van der Waals surface area contributed by atoms with E-state index in [2.05, 4.69) is 81.4 Å². The van der Waals surface area contributed by atoms with E-state index in [1.165, 1.54) is 16.7 Å². The molecule has 2 heteroatoms. The summed E-state index contributed by atoms with van der Waals surface area (Å²) >= 11 is 0. The van der Waals surface area contributed by atoms with Crippen molar-refractivity contribution in [3.05, 3.63) is 106 Å². The van der Waals surface area contributed by atoms with Gasteiger partial charge in [0.25, 0.3) is 0 Å². The molecule has 0 radical (unpaired) electrons. The normalized spacial score (nSPS) is 19.3. The third-order valence-corrected chi connectivity index (χ3v) is 5.87. The lowest BCUT2D eigenvalue weighted by Crippen LogP contribution is -2.25. The Hall–Kier alpha value is -2.87. The number of hydrogen-bond acceptors (Lipinski definition) is 1. The molecule has 3 aromatic rings. The molecule has 0 saturated heterocycles. The zero-order valence-electron chi connectivity index (χ0n) is 16.1. The summed E-state index contributed by atoms with van der Waals surface area (Å²) < 4.78 is 1.04. The number of hydrogen-bond donors (Lipinski definition) is 0. The summed E-state index contributed by atoms with van der Waals surface area (Å²) in [5.41, 5.74) is 5.51. The van der Waals surface area contributed by atoms with Gasteiger partial charge >= 0.3 is 0 Å². The first-order valence-corrected chi connectivity index (χ1v) is 9.55. The fraction of sp³-hybridized carbons (Fsp3) is 0.240. The monoisotopic (exact) mass is 355 g/mol. The predicted octanol–water partition coefficient (Wildman–Crippen LogP) is 6.01. The van der Waals surface area contributed by atoms with Crippen LogP contribution in [-0.2, 0) is 5.41 Å². The zero-order chi connectivity index (χ0) is 19.0. The molecule has 1 aliphatic rings. The molecule has 27 heavy (non-hydrogen) atoms. The summed E-state index contributed by atoms with van der Waals surface area (Å²) in [7, 11) is 0. The van der Waals surface area contributed by atoms with Crippen LogP contribution in [0.15, 0.2) is 78.9 Å². The zero-order valence-corrected chi connectivity index (χ0v) is 16.1. The molecule has 0 aromatic heterocycles. The van der Waals surface area contributed by atoms with Crippen molar-refractivity contribution >= 4 is 11.9 Å². The highest BCUT2D eigenvalue weighted by molar-refractivity contribution is 5.67. The summed E-state index contributed by atoms with van der Waals surface area (Å²) in [6.07, 6.45) is 1.79. The molecule has 1 aliphatic heterocycles. The van der Waals surface area contributed by atoms with Crippen molar-refractivity contribution in [3.8, 4) is 0 Å². The van der Waals surface area contributed by atoms with Crippen molar-refractivity contribution in [2.24, 2.45) is 5.92 Å². The molecular formula is C25H25NO. The molecule has 2 unspecified atom stereocenters. The van der Waals surface area contributed by atoms with Crippen LogP contribution in [0.1, 0.15) is 48.9 Å². The average molecular weight is 355 g/mol. The van der Waals surface area contributed by atoms with Crippen LogP contribution in [0.2, 0.25) is 0 Å². The maximum Gasteiger partial charge on any atom is 0.220 e. The van der Waals surface area contributed by atoms with Gasteiger partial charge in [-0.3, -0.25) is 0 Å². The molecule has 0 fully saturated rings. The SMILES string of the molecule is CC1C=[N+]([O-])c2ccc(C(C)(C)c3ccccc3)cc2C1c1ccccc1. The van der Waals surface area contributed by atoms with Crippen LogP contribution in [0.4, 0.5) is 5.69 Å². The summed E-state index contributed by atoms with van der Waals surface area (Å²) in [5.74, 6) is 0.338. The smallest absolute Gasteiger partial charge is 0.220 e. The first-order valence-electron chi connectivity index (χ1n) is 9.55. The molecular weight excluding hydrogens is 330 g/mol. The Bertz CT molecular complexity index is 974. The summed E-state index contributed by atoms with van der Waals surface area (Å²) in [5, 5.41) is 12.6. The summed E-state index contributed by atoms with van der Waals surface area (Å²) in [4.78, 5) is 0. The fourth-order valence-corrected chi connectivity index (χ4v) is 4.22. The second-order valence-corrected chi connectivity index (χ2v) is 7.99.